The Bertz CT molecular complexity index is 1100. The third-order valence-corrected chi connectivity index (χ3v) is 7.14. The summed E-state index contributed by atoms with van der Waals surface area (Å²) < 4.78 is 30.1. The molecule has 122 valence electrons. The molecule has 0 atom stereocenters. The number of pyridine rings is 1. The topological polar surface area (TPSA) is 63.5 Å². The molecule has 0 spiro atoms. The highest BCUT2D eigenvalue weighted by molar-refractivity contribution is 7.94. The maximum atomic E-state index is 12.7. The van der Waals surface area contributed by atoms with Crippen molar-refractivity contribution in [3.8, 4) is 10.6 Å². The first kappa shape index (κ1) is 15.4. The number of nitrogens with zero attached hydrogens (tertiary/aromatic N) is 2. The lowest BCUT2D eigenvalue weighted by molar-refractivity contribution is 0.603. The number of rotatable bonds is 4. The first-order valence-corrected chi connectivity index (χ1v) is 10.4. The van der Waals surface area contributed by atoms with E-state index in [4.69, 9.17) is 0 Å². The maximum Gasteiger partial charge on any atom is 0.272 e. The predicted octanol–water partition coefficient (Wildman–Crippen LogP) is 4.23. The summed E-state index contributed by atoms with van der Waals surface area (Å²) >= 11 is 2.71. The number of hydrogen-bond acceptors (Lipinski definition) is 5. The average molecular weight is 376 g/mol. The van der Waals surface area contributed by atoms with Gasteiger partial charge in [0.1, 0.15) is 15.6 Å². The van der Waals surface area contributed by atoms with Crippen LogP contribution in [0.15, 0.2) is 57.6 Å². The van der Waals surface area contributed by atoms with Crippen molar-refractivity contribution in [1.82, 2.24) is 9.38 Å². The van der Waals surface area contributed by atoms with E-state index < -0.39 is 10.0 Å². The first-order valence-electron chi connectivity index (χ1n) is 7.13. The third-order valence-electron chi connectivity index (χ3n) is 3.53. The number of sulfonamides is 1. The summed E-state index contributed by atoms with van der Waals surface area (Å²) in [6, 6.07) is 11.0. The lowest BCUT2D eigenvalue weighted by Crippen LogP contribution is -2.13. The fourth-order valence-electron chi connectivity index (χ4n) is 2.42. The molecule has 4 heterocycles. The van der Waals surface area contributed by atoms with Crippen molar-refractivity contribution < 1.29 is 8.42 Å². The van der Waals surface area contributed by atoms with Gasteiger partial charge in [0.05, 0.1) is 4.88 Å². The number of fused-ring (bicyclic) bond motifs is 1. The Hall–Kier alpha value is -2.16. The van der Waals surface area contributed by atoms with Gasteiger partial charge in [0.25, 0.3) is 10.0 Å². The minimum atomic E-state index is -3.64. The number of imidazole rings is 1. The van der Waals surface area contributed by atoms with E-state index in [0.717, 1.165) is 10.4 Å². The van der Waals surface area contributed by atoms with Gasteiger partial charge in [-0.2, -0.15) is 0 Å². The Morgan fingerprint density at radius 2 is 1.92 bits per heavy atom. The molecular weight excluding hydrogens is 362 g/mol. The molecule has 1 N–H and O–H groups in total. The molecule has 0 saturated heterocycles. The van der Waals surface area contributed by atoms with Gasteiger partial charge in [0.15, 0.2) is 5.82 Å². The van der Waals surface area contributed by atoms with E-state index in [-0.39, 0.29) is 4.21 Å². The molecule has 0 unspecified atom stereocenters. The molecule has 8 heteroatoms. The highest BCUT2D eigenvalue weighted by Gasteiger charge is 2.22. The molecule has 0 fully saturated rings. The fourth-order valence-corrected chi connectivity index (χ4v) is 5.19. The molecule has 0 amide bonds. The van der Waals surface area contributed by atoms with Gasteiger partial charge < -0.3 is 0 Å². The van der Waals surface area contributed by atoms with Crippen molar-refractivity contribution in [3.05, 3.63) is 58.9 Å². The van der Waals surface area contributed by atoms with Crippen molar-refractivity contribution in [2.75, 3.05) is 4.72 Å². The average Bonchev–Trinajstić information content (AvgIpc) is 3.28. The molecule has 5 nitrogen and oxygen atoms in total. The molecule has 0 aliphatic carbocycles. The Labute approximate surface area is 147 Å². The van der Waals surface area contributed by atoms with E-state index in [1.807, 2.05) is 42.8 Å². The van der Waals surface area contributed by atoms with Crippen molar-refractivity contribution in [2.24, 2.45) is 0 Å². The van der Waals surface area contributed by atoms with Gasteiger partial charge in [-0.25, -0.2) is 13.4 Å². The Morgan fingerprint density at radius 3 is 2.62 bits per heavy atom. The number of anilines is 1. The Morgan fingerprint density at radius 1 is 1.12 bits per heavy atom. The minimum Gasteiger partial charge on any atom is -0.285 e. The van der Waals surface area contributed by atoms with Gasteiger partial charge in [-0.1, -0.05) is 12.1 Å². The van der Waals surface area contributed by atoms with Crippen molar-refractivity contribution in [3.63, 3.8) is 0 Å². The zero-order chi connectivity index (χ0) is 16.7. The van der Waals surface area contributed by atoms with Gasteiger partial charge in [0.2, 0.25) is 0 Å². The summed E-state index contributed by atoms with van der Waals surface area (Å²) in [5.41, 5.74) is 2.41. The molecule has 24 heavy (non-hydrogen) atoms. The summed E-state index contributed by atoms with van der Waals surface area (Å²) in [5, 5.41) is 3.69. The summed E-state index contributed by atoms with van der Waals surface area (Å²) in [5.74, 6) is 0.459. The molecule has 4 aromatic rings. The van der Waals surface area contributed by atoms with Crippen LogP contribution in [0, 0.1) is 6.92 Å². The highest BCUT2D eigenvalue weighted by atomic mass is 32.2. The predicted molar refractivity (Wildman–Crippen MR) is 98.4 cm³/mol. The van der Waals surface area contributed by atoms with Crippen molar-refractivity contribution in [2.45, 2.75) is 11.1 Å². The van der Waals surface area contributed by atoms with Crippen LogP contribution in [0.3, 0.4) is 0 Å². The quantitative estimate of drug-likeness (QED) is 0.580. The number of nitrogens with one attached hydrogen (secondary N) is 1. The summed E-state index contributed by atoms with van der Waals surface area (Å²) in [6.45, 7) is 1.98. The van der Waals surface area contributed by atoms with E-state index in [1.165, 1.54) is 22.7 Å². The monoisotopic (exact) mass is 375 g/mol. The molecule has 0 aliphatic rings. The lowest BCUT2D eigenvalue weighted by atomic mass is 10.3. The van der Waals surface area contributed by atoms with Crippen LogP contribution < -0.4 is 4.72 Å². The van der Waals surface area contributed by atoms with Crippen LogP contribution in [0.2, 0.25) is 0 Å². The van der Waals surface area contributed by atoms with Gasteiger partial charge in [-0.3, -0.25) is 9.12 Å². The second kappa shape index (κ2) is 5.73. The smallest absolute Gasteiger partial charge is 0.272 e. The molecule has 4 rings (SSSR count). The lowest BCUT2D eigenvalue weighted by Gasteiger charge is -2.08. The van der Waals surface area contributed by atoms with Gasteiger partial charge in [-0.05, 0) is 47.5 Å². The normalized spacial score (nSPS) is 11.9. The van der Waals surface area contributed by atoms with Crippen molar-refractivity contribution in [1.29, 1.82) is 0 Å². The second-order valence-corrected chi connectivity index (χ2v) is 9.06. The largest absolute Gasteiger partial charge is 0.285 e. The van der Waals surface area contributed by atoms with Crippen LogP contribution >= 0.6 is 22.7 Å². The summed E-state index contributed by atoms with van der Waals surface area (Å²) in [7, 11) is -3.64. The van der Waals surface area contributed by atoms with Crippen LogP contribution in [-0.4, -0.2) is 17.8 Å². The number of hydrogen-bond donors (Lipinski definition) is 1. The van der Waals surface area contributed by atoms with Crippen molar-refractivity contribution >= 4 is 44.2 Å². The van der Waals surface area contributed by atoms with Crippen LogP contribution in [0.5, 0.6) is 0 Å². The van der Waals surface area contributed by atoms with Gasteiger partial charge in [0, 0.05) is 6.20 Å². The van der Waals surface area contributed by atoms with E-state index in [9.17, 15) is 8.42 Å². The van der Waals surface area contributed by atoms with Crippen LogP contribution in [-0.2, 0) is 10.0 Å². The molecule has 0 saturated carbocycles. The highest BCUT2D eigenvalue weighted by Crippen LogP contribution is 2.33. The molecule has 0 bridgehead atoms. The number of aromatic nitrogens is 2. The molecule has 0 aliphatic heterocycles. The molecule has 4 aromatic heterocycles. The SMILES string of the molecule is Cc1ccn2c(NS(=O)(=O)c3cccs3)c(-c3cccs3)nc2c1. The maximum absolute atomic E-state index is 12.7. The number of thiophene rings is 2. The summed E-state index contributed by atoms with van der Waals surface area (Å²) in [4.78, 5) is 5.55. The zero-order valence-corrected chi connectivity index (χ0v) is 15.1. The van der Waals surface area contributed by atoms with Crippen LogP contribution in [0.25, 0.3) is 16.2 Å². The van der Waals surface area contributed by atoms with Crippen LogP contribution in [0.4, 0.5) is 5.82 Å². The molecular formula is C16H13N3O2S3. The van der Waals surface area contributed by atoms with E-state index in [1.54, 1.807) is 21.9 Å². The first-order chi connectivity index (χ1) is 11.5. The van der Waals surface area contributed by atoms with Crippen LogP contribution in [0.1, 0.15) is 5.56 Å². The van der Waals surface area contributed by atoms with Gasteiger partial charge in [-0.15, -0.1) is 22.7 Å². The zero-order valence-electron chi connectivity index (χ0n) is 12.6. The standard InChI is InChI=1S/C16H13N3O2S3/c1-11-6-7-19-13(10-11)17-15(12-4-2-8-22-12)16(19)18-24(20,21)14-5-3-9-23-14/h2-10,18H,1H3. The number of aryl methyl sites for hydroxylation is 1. The Kier molecular flexibility index (Phi) is 3.67. The van der Waals surface area contributed by atoms with E-state index in [2.05, 4.69) is 9.71 Å². The van der Waals surface area contributed by atoms with Gasteiger partial charge >= 0.3 is 0 Å². The van der Waals surface area contributed by atoms with E-state index in [0.29, 0.717) is 17.2 Å². The Balaban J connectivity index is 1.91. The third kappa shape index (κ3) is 2.62. The second-order valence-electron chi connectivity index (χ2n) is 5.26. The molecule has 0 aromatic carbocycles. The minimum absolute atomic E-state index is 0.279. The molecule has 0 radical (unpaired) electrons. The van der Waals surface area contributed by atoms with E-state index >= 15 is 0 Å². The summed E-state index contributed by atoms with van der Waals surface area (Å²) in [6.07, 6.45) is 1.83. The fraction of sp³-hybridized carbons (Fsp3) is 0.0625.